The molecule has 1 spiro atoms. The van der Waals surface area contributed by atoms with E-state index in [1.165, 1.54) is 0 Å². The largest absolute Gasteiger partial charge is 0.477 e. The molecule has 26 heavy (non-hydrogen) atoms. The van der Waals surface area contributed by atoms with E-state index in [1.54, 1.807) is 24.7 Å². The number of amides is 1. The van der Waals surface area contributed by atoms with E-state index in [2.05, 4.69) is 9.97 Å². The van der Waals surface area contributed by atoms with E-state index in [9.17, 15) is 4.79 Å². The number of hydrogen-bond donors (Lipinski definition) is 0. The summed E-state index contributed by atoms with van der Waals surface area (Å²) in [6.45, 7) is 2.35. The number of carbonyl (C=O) groups excluding carboxylic acids is 1. The highest BCUT2D eigenvalue weighted by atomic mass is 16.5. The highest BCUT2D eigenvalue weighted by Crippen LogP contribution is 2.41. The molecule has 1 saturated carbocycles. The van der Waals surface area contributed by atoms with E-state index in [0.717, 1.165) is 19.3 Å². The van der Waals surface area contributed by atoms with Crippen molar-refractivity contribution >= 4 is 5.91 Å². The monoisotopic (exact) mass is 353 g/mol. The molecular weight excluding hydrogens is 330 g/mol. The molecule has 0 bridgehead atoms. The topological polar surface area (TPSA) is 64.6 Å². The van der Waals surface area contributed by atoms with Gasteiger partial charge in [-0.25, -0.2) is 4.98 Å². The molecule has 2 aromatic heterocycles. The third-order valence-corrected chi connectivity index (χ3v) is 5.37. The van der Waals surface area contributed by atoms with Crippen molar-refractivity contribution < 1.29 is 14.3 Å². The normalized spacial score (nSPS) is 25.4. The first-order valence-electron chi connectivity index (χ1n) is 9.14. The second-order valence-corrected chi connectivity index (χ2v) is 6.95. The lowest BCUT2D eigenvalue weighted by Crippen LogP contribution is -2.56. The van der Waals surface area contributed by atoms with Gasteiger partial charge < -0.3 is 14.4 Å². The van der Waals surface area contributed by atoms with Crippen LogP contribution < -0.4 is 4.74 Å². The van der Waals surface area contributed by atoms with E-state index >= 15 is 0 Å². The zero-order valence-electron chi connectivity index (χ0n) is 14.7. The third-order valence-electron chi connectivity index (χ3n) is 5.37. The summed E-state index contributed by atoms with van der Waals surface area (Å²) in [5.74, 6) is 0.916. The molecule has 136 valence electrons. The summed E-state index contributed by atoms with van der Waals surface area (Å²) in [6.07, 6.45) is 8.12. The first-order chi connectivity index (χ1) is 12.8. The third kappa shape index (κ3) is 3.42. The lowest BCUT2D eigenvalue weighted by atomic mass is 9.89. The Bertz CT molecular complexity index is 740. The molecule has 2 atom stereocenters. The minimum atomic E-state index is -0.315. The Kier molecular flexibility index (Phi) is 4.84. The predicted molar refractivity (Wildman–Crippen MR) is 95.9 cm³/mol. The maximum Gasteiger partial charge on any atom is 0.255 e. The van der Waals surface area contributed by atoms with Gasteiger partial charge in [-0.15, -0.1) is 0 Å². The zero-order chi connectivity index (χ0) is 17.8. The summed E-state index contributed by atoms with van der Waals surface area (Å²) in [6, 6.07) is 9.26. The minimum absolute atomic E-state index is 0.0251. The molecule has 0 radical (unpaired) electrons. The number of rotatable bonds is 4. The first kappa shape index (κ1) is 17.0. The Morgan fingerprint density at radius 2 is 2.27 bits per heavy atom. The van der Waals surface area contributed by atoms with Gasteiger partial charge in [0, 0.05) is 37.1 Å². The van der Waals surface area contributed by atoms with Crippen LogP contribution >= 0.6 is 0 Å². The van der Waals surface area contributed by atoms with Gasteiger partial charge in [0.25, 0.3) is 5.91 Å². The molecule has 3 heterocycles. The molecule has 2 aliphatic rings. The van der Waals surface area contributed by atoms with Crippen LogP contribution in [0.2, 0.25) is 0 Å². The molecule has 2 fully saturated rings. The summed E-state index contributed by atoms with van der Waals surface area (Å²) < 4.78 is 12.1. The molecule has 0 aromatic carbocycles. The number of carbonyl (C=O) groups is 1. The van der Waals surface area contributed by atoms with Crippen molar-refractivity contribution in [2.45, 2.75) is 24.9 Å². The van der Waals surface area contributed by atoms with Crippen molar-refractivity contribution in [3.8, 4) is 5.88 Å². The van der Waals surface area contributed by atoms with E-state index in [0.29, 0.717) is 37.7 Å². The fourth-order valence-electron chi connectivity index (χ4n) is 4.02. The van der Waals surface area contributed by atoms with Gasteiger partial charge in [0.2, 0.25) is 5.88 Å². The number of morpholine rings is 1. The molecule has 1 aliphatic carbocycles. The van der Waals surface area contributed by atoms with Gasteiger partial charge in [0.05, 0.1) is 30.9 Å². The van der Waals surface area contributed by atoms with Crippen LogP contribution in [0, 0.1) is 5.92 Å². The van der Waals surface area contributed by atoms with E-state index < -0.39 is 0 Å². The molecular formula is C20H23N3O3. The fourth-order valence-corrected chi connectivity index (χ4v) is 4.02. The Morgan fingerprint density at radius 1 is 1.31 bits per heavy atom. The molecule has 1 amide bonds. The van der Waals surface area contributed by atoms with Gasteiger partial charge in [-0.2, -0.15) is 0 Å². The standard InChI is InChI=1S/C20H23N3O3/c24-19(16-5-4-9-21-13-16)23-11-12-26-20(15-23)8-3-6-17(20)14-25-18-7-1-2-10-22-18/h1-2,4-5,7,9-10,13,17H,3,6,8,11-12,14-15H2/t17-,20+/m0/s1. The number of pyridine rings is 2. The van der Waals surface area contributed by atoms with Crippen molar-refractivity contribution in [2.75, 3.05) is 26.3 Å². The van der Waals surface area contributed by atoms with Crippen LogP contribution in [0.3, 0.4) is 0 Å². The van der Waals surface area contributed by atoms with Crippen molar-refractivity contribution in [3.05, 3.63) is 54.5 Å². The maximum absolute atomic E-state index is 12.8. The number of ether oxygens (including phenoxy) is 2. The van der Waals surface area contributed by atoms with Crippen LogP contribution in [0.5, 0.6) is 5.88 Å². The van der Waals surface area contributed by atoms with Crippen LogP contribution in [-0.2, 0) is 4.74 Å². The summed E-state index contributed by atoms with van der Waals surface area (Å²) in [5, 5.41) is 0. The average Bonchev–Trinajstić information content (AvgIpc) is 3.08. The van der Waals surface area contributed by atoms with Crippen molar-refractivity contribution in [3.63, 3.8) is 0 Å². The van der Waals surface area contributed by atoms with Gasteiger partial charge in [-0.3, -0.25) is 9.78 Å². The van der Waals surface area contributed by atoms with Gasteiger partial charge >= 0.3 is 0 Å². The Labute approximate surface area is 153 Å². The van der Waals surface area contributed by atoms with Gasteiger partial charge in [-0.1, -0.05) is 6.07 Å². The number of hydrogen-bond acceptors (Lipinski definition) is 5. The average molecular weight is 353 g/mol. The molecule has 6 heteroatoms. The second kappa shape index (κ2) is 7.41. The maximum atomic E-state index is 12.8. The lowest BCUT2D eigenvalue weighted by Gasteiger charge is -2.44. The van der Waals surface area contributed by atoms with Crippen LogP contribution in [0.15, 0.2) is 48.9 Å². The van der Waals surface area contributed by atoms with Crippen molar-refractivity contribution in [2.24, 2.45) is 5.92 Å². The molecule has 6 nitrogen and oxygen atoms in total. The van der Waals surface area contributed by atoms with Gasteiger partial charge in [0.15, 0.2) is 0 Å². The number of aromatic nitrogens is 2. The summed E-state index contributed by atoms with van der Waals surface area (Å²) in [5.41, 5.74) is 0.314. The summed E-state index contributed by atoms with van der Waals surface area (Å²) in [4.78, 5) is 23.0. The molecule has 1 saturated heterocycles. The second-order valence-electron chi connectivity index (χ2n) is 6.95. The lowest BCUT2D eigenvalue weighted by molar-refractivity contribution is -0.127. The van der Waals surface area contributed by atoms with Crippen LogP contribution in [0.1, 0.15) is 29.6 Å². The van der Waals surface area contributed by atoms with Crippen LogP contribution in [0.25, 0.3) is 0 Å². The van der Waals surface area contributed by atoms with Gasteiger partial charge in [0.1, 0.15) is 0 Å². The quantitative estimate of drug-likeness (QED) is 0.845. The van der Waals surface area contributed by atoms with E-state index in [-0.39, 0.29) is 17.4 Å². The Morgan fingerprint density at radius 3 is 3.08 bits per heavy atom. The molecule has 0 unspecified atom stereocenters. The summed E-state index contributed by atoms with van der Waals surface area (Å²) >= 11 is 0. The van der Waals surface area contributed by atoms with Crippen molar-refractivity contribution in [1.82, 2.24) is 14.9 Å². The SMILES string of the molecule is O=C(c1cccnc1)N1CCO[C@]2(CCC[C@H]2COc2ccccn2)C1. The minimum Gasteiger partial charge on any atom is -0.477 e. The van der Waals surface area contributed by atoms with Crippen LogP contribution in [0.4, 0.5) is 0 Å². The number of nitrogens with zero attached hydrogens (tertiary/aromatic N) is 3. The van der Waals surface area contributed by atoms with Crippen molar-refractivity contribution in [1.29, 1.82) is 0 Å². The highest BCUT2D eigenvalue weighted by molar-refractivity contribution is 5.94. The van der Waals surface area contributed by atoms with E-state index in [1.807, 2.05) is 29.2 Å². The van der Waals surface area contributed by atoms with Gasteiger partial charge in [-0.05, 0) is 37.5 Å². The Hall–Kier alpha value is -2.47. The molecule has 4 rings (SSSR count). The fraction of sp³-hybridized carbons (Fsp3) is 0.450. The highest BCUT2D eigenvalue weighted by Gasteiger charge is 2.48. The predicted octanol–water partition coefficient (Wildman–Crippen LogP) is 2.57. The van der Waals surface area contributed by atoms with E-state index in [4.69, 9.17) is 9.47 Å². The smallest absolute Gasteiger partial charge is 0.255 e. The molecule has 2 aromatic rings. The first-order valence-corrected chi connectivity index (χ1v) is 9.14. The molecule has 0 N–H and O–H groups in total. The molecule has 1 aliphatic heterocycles. The van der Waals surface area contributed by atoms with Crippen LogP contribution in [-0.4, -0.2) is 52.7 Å². The summed E-state index contributed by atoms with van der Waals surface area (Å²) in [7, 11) is 0. The zero-order valence-corrected chi connectivity index (χ0v) is 14.7. The Balaban J connectivity index is 1.45.